The maximum Gasteiger partial charge on any atom is 0.258 e. The molecule has 0 aromatic heterocycles. The molecule has 2 N–H and O–H groups in total. The van der Waals surface area contributed by atoms with Gasteiger partial charge in [-0.2, -0.15) is 0 Å². The molecule has 0 bridgehead atoms. The van der Waals surface area contributed by atoms with E-state index < -0.39 is 0 Å². The van der Waals surface area contributed by atoms with Crippen molar-refractivity contribution in [2.75, 3.05) is 43.6 Å². The van der Waals surface area contributed by atoms with Crippen molar-refractivity contribution in [3.8, 4) is 11.5 Å². The Morgan fingerprint density at radius 1 is 0.929 bits per heavy atom. The molecule has 0 radical (unpaired) electrons. The number of benzene rings is 2. The summed E-state index contributed by atoms with van der Waals surface area (Å²) in [4.78, 5) is 26.2. The maximum atomic E-state index is 12.0. The van der Waals surface area contributed by atoms with E-state index in [-0.39, 0.29) is 25.0 Å². The molecule has 1 saturated heterocycles. The average molecular weight is 383 g/mol. The Hall–Kier alpha value is -3.22. The lowest BCUT2D eigenvalue weighted by Gasteiger charge is -2.17. The Bertz CT molecular complexity index is 784. The van der Waals surface area contributed by atoms with E-state index in [9.17, 15) is 9.59 Å². The van der Waals surface area contributed by atoms with Gasteiger partial charge in [0.2, 0.25) is 5.91 Å². The highest BCUT2D eigenvalue weighted by atomic mass is 16.5. The number of rotatable bonds is 8. The molecule has 0 atom stereocenters. The number of nitrogens with zero attached hydrogens (tertiary/aromatic N) is 1. The first-order chi connectivity index (χ1) is 13.6. The Morgan fingerprint density at radius 3 is 2.21 bits per heavy atom. The van der Waals surface area contributed by atoms with Crippen LogP contribution in [0.1, 0.15) is 12.8 Å². The summed E-state index contributed by atoms with van der Waals surface area (Å²) in [6, 6.07) is 14.7. The molecule has 0 spiro atoms. The monoisotopic (exact) mass is 383 g/mol. The lowest BCUT2D eigenvalue weighted by Crippen LogP contribution is -2.35. The van der Waals surface area contributed by atoms with Gasteiger partial charge in [0.05, 0.1) is 13.7 Å². The van der Waals surface area contributed by atoms with Gasteiger partial charge in [-0.05, 0) is 61.4 Å². The van der Waals surface area contributed by atoms with E-state index in [2.05, 4.69) is 15.5 Å². The molecule has 1 fully saturated rings. The standard InChI is InChI=1S/C21H25N3O4/c1-27-18-8-10-19(11-9-18)28-15-21(26)22-14-20(25)23-16-4-6-17(7-5-16)24-12-2-3-13-24/h4-11H,2-3,12-15H2,1H3,(H,22,26)(H,23,25). The van der Waals surface area contributed by atoms with Crippen molar-refractivity contribution < 1.29 is 19.1 Å². The smallest absolute Gasteiger partial charge is 0.258 e. The quantitative estimate of drug-likeness (QED) is 0.732. The molecule has 0 unspecified atom stereocenters. The molecule has 2 aromatic carbocycles. The fraction of sp³-hybridized carbons (Fsp3) is 0.333. The molecule has 1 aliphatic rings. The van der Waals surface area contributed by atoms with Crippen LogP contribution in [0.2, 0.25) is 0 Å². The number of amides is 2. The summed E-state index contributed by atoms with van der Waals surface area (Å²) in [5, 5.41) is 5.32. The third-order valence-electron chi connectivity index (χ3n) is 4.50. The summed E-state index contributed by atoms with van der Waals surface area (Å²) < 4.78 is 10.4. The summed E-state index contributed by atoms with van der Waals surface area (Å²) in [6.45, 7) is 1.88. The van der Waals surface area contributed by atoms with Crippen molar-refractivity contribution in [1.29, 1.82) is 0 Å². The van der Waals surface area contributed by atoms with Crippen LogP contribution in [-0.2, 0) is 9.59 Å². The minimum atomic E-state index is -0.365. The first-order valence-corrected chi connectivity index (χ1v) is 9.32. The van der Waals surface area contributed by atoms with Gasteiger partial charge < -0.3 is 25.0 Å². The van der Waals surface area contributed by atoms with Gasteiger partial charge in [0, 0.05) is 24.5 Å². The molecule has 7 heteroatoms. The molecule has 0 saturated carbocycles. The van der Waals surface area contributed by atoms with Gasteiger partial charge >= 0.3 is 0 Å². The first kappa shape index (κ1) is 19.5. The number of carbonyl (C=O) groups excluding carboxylic acids is 2. The second-order valence-corrected chi connectivity index (χ2v) is 6.53. The van der Waals surface area contributed by atoms with Gasteiger partial charge in [0.1, 0.15) is 11.5 Å². The molecule has 2 amide bonds. The van der Waals surface area contributed by atoms with E-state index >= 15 is 0 Å². The molecule has 0 aliphatic carbocycles. The summed E-state index contributed by atoms with van der Waals surface area (Å²) in [7, 11) is 1.58. The predicted octanol–water partition coefficient (Wildman–Crippen LogP) is 2.43. The second kappa shape index (κ2) is 9.64. The van der Waals surface area contributed by atoms with E-state index in [1.54, 1.807) is 31.4 Å². The number of ether oxygens (including phenoxy) is 2. The number of hydrogen-bond donors (Lipinski definition) is 2. The van der Waals surface area contributed by atoms with Crippen molar-refractivity contribution in [2.45, 2.75) is 12.8 Å². The molecule has 2 aromatic rings. The SMILES string of the molecule is COc1ccc(OCC(=O)NCC(=O)Nc2ccc(N3CCCC3)cc2)cc1. The van der Waals surface area contributed by atoms with E-state index in [0.29, 0.717) is 17.2 Å². The number of anilines is 2. The summed E-state index contributed by atoms with van der Waals surface area (Å²) in [5.41, 5.74) is 1.87. The fourth-order valence-corrected chi connectivity index (χ4v) is 2.99. The molecular formula is C21H25N3O4. The van der Waals surface area contributed by atoms with E-state index in [0.717, 1.165) is 13.1 Å². The van der Waals surface area contributed by atoms with E-state index in [1.165, 1.54) is 18.5 Å². The zero-order valence-electron chi connectivity index (χ0n) is 15.9. The topological polar surface area (TPSA) is 79.9 Å². The van der Waals surface area contributed by atoms with Gasteiger partial charge in [0.25, 0.3) is 5.91 Å². The minimum absolute atomic E-state index is 0.112. The predicted molar refractivity (Wildman–Crippen MR) is 108 cm³/mol. The second-order valence-electron chi connectivity index (χ2n) is 6.53. The molecule has 7 nitrogen and oxygen atoms in total. The highest BCUT2D eigenvalue weighted by molar-refractivity contribution is 5.94. The Morgan fingerprint density at radius 2 is 1.57 bits per heavy atom. The zero-order valence-corrected chi connectivity index (χ0v) is 15.9. The summed E-state index contributed by atoms with van der Waals surface area (Å²) in [6.07, 6.45) is 2.45. The Labute approximate surface area is 164 Å². The van der Waals surface area contributed by atoms with Crippen LogP contribution in [0.4, 0.5) is 11.4 Å². The van der Waals surface area contributed by atoms with Gasteiger partial charge in [-0.1, -0.05) is 0 Å². The van der Waals surface area contributed by atoms with Crippen LogP contribution in [0, 0.1) is 0 Å². The van der Waals surface area contributed by atoms with Crippen LogP contribution in [0.5, 0.6) is 11.5 Å². The van der Waals surface area contributed by atoms with Crippen LogP contribution < -0.4 is 25.0 Å². The third-order valence-corrected chi connectivity index (χ3v) is 4.50. The number of methoxy groups -OCH3 is 1. The lowest BCUT2D eigenvalue weighted by molar-refractivity contribution is -0.125. The Kier molecular flexibility index (Phi) is 6.73. The highest BCUT2D eigenvalue weighted by Crippen LogP contribution is 2.22. The minimum Gasteiger partial charge on any atom is -0.497 e. The normalized spacial score (nSPS) is 13.1. The van der Waals surface area contributed by atoms with Crippen LogP contribution in [0.3, 0.4) is 0 Å². The van der Waals surface area contributed by atoms with Gasteiger partial charge in [-0.3, -0.25) is 9.59 Å². The van der Waals surface area contributed by atoms with Crippen LogP contribution in [0.15, 0.2) is 48.5 Å². The van der Waals surface area contributed by atoms with Gasteiger partial charge in [0.15, 0.2) is 6.61 Å². The van der Waals surface area contributed by atoms with Crippen molar-refractivity contribution in [2.24, 2.45) is 0 Å². The first-order valence-electron chi connectivity index (χ1n) is 9.32. The molecule has 1 aliphatic heterocycles. The van der Waals surface area contributed by atoms with Crippen molar-refractivity contribution in [1.82, 2.24) is 5.32 Å². The van der Waals surface area contributed by atoms with Crippen LogP contribution in [0.25, 0.3) is 0 Å². The maximum absolute atomic E-state index is 12.0. The van der Waals surface area contributed by atoms with Crippen molar-refractivity contribution >= 4 is 23.2 Å². The highest BCUT2D eigenvalue weighted by Gasteiger charge is 2.12. The van der Waals surface area contributed by atoms with Crippen molar-refractivity contribution in [3.63, 3.8) is 0 Å². The molecule has 3 rings (SSSR count). The van der Waals surface area contributed by atoms with Crippen LogP contribution >= 0.6 is 0 Å². The average Bonchev–Trinajstić information content (AvgIpc) is 3.26. The van der Waals surface area contributed by atoms with Gasteiger partial charge in [-0.15, -0.1) is 0 Å². The molecule has 148 valence electrons. The fourth-order valence-electron chi connectivity index (χ4n) is 2.99. The lowest BCUT2D eigenvalue weighted by atomic mass is 10.2. The van der Waals surface area contributed by atoms with Crippen LogP contribution in [-0.4, -0.2) is 45.2 Å². The number of carbonyl (C=O) groups is 2. The number of hydrogen-bond acceptors (Lipinski definition) is 5. The van der Waals surface area contributed by atoms with E-state index in [1.807, 2.05) is 24.3 Å². The Balaban J connectivity index is 1.37. The third kappa shape index (κ3) is 5.64. The van der Waals surface area contributed by atoms with Crippen molar-refractivity contribution in [3.05, 3.63) is 48.5 Å². The molecule has 1 heterocycles. The zero-order chi connectivity index (χ0) is 19.8. The molecule has 28 heavy (non-hydrogen) atoms. The summed E-state index contributed by atoms with van der Waals surface area (Å²) in [5.74, 6) is 0.613. The van der Waals surface area contributed by atoms with E-state index in [4.69, 9.17) is 9.47 Å². The van der Waals surface area contributed by atoms with Gasteiger partial charge in [-0.25, -0.2) is 0 Å². The largest absolute Gasteiger partial charge is 0.497 e. The number of nitrogens with one attached hydrogen (secondary N) is 2. The molecular weight excluding hydrogens is 358 g/mol. The summed E-state index contributed by atoms with van der Waals surface area (Å²) >= 11 is 0.